The van der Waals surface area contributed by atoms with E-state index < -0.39 is 11.7 Å². The molecule has 8 heteroatoms. The lowest BCUT2D eigenvalue weighted by Crippen LogP contribution is -2.44. The maximum Gasteiger partial charge on any atom is 0.416 e. The van der Waals surface area contributed by atoms with Crippen molar-refractivity contribution in [2.75, 3.05) is 37.0 Å². The molecule has 2 aromatic rings. The molecule has 0 spiro atoms. The third kappa shape index (κ3) is 2.15. The van der Waals surface area contributed by atoms with E-state index in [0.717, 1.165) is 12.1 Å². The highest BCUT2D eigenvalue weighted by Gasteiger charge is 2.31. The van der Waals surface area contributed by atoms with Crippen molar-refractivity contribution in [1.82, 2.24) is 9.66 Å². The Balaban J connectivity index is 2.07. The number of halogens is 3. The fourth-order valence-electron chi connectivity index (χ4n) is 2.31. The second-order valence-corrected chi connectivity index (χ2v) is 4.55. The molecular formula is C12H13F3N4O. The lowest BCUT2D eigenvalue weighted by molar-refractivity contribution is -0.137. The number of alkyl halides is 3. The van der Waals surface area contributed by atoms with Gasteiger partial charge in [-0.15, -0.1) is 0 Å². The minimum atomic E-state index is -4.38. The van der Waals surface area contributed by atoms with Gasteiger partial charge in [-0.2, -0.15) is 13.2 Å². The monoisotopic (exact) mass is 286 g/mol. The number of imidazole rings is 1. The van der Waals surface area contributed by atoms with Crippen molar-refractivity contribution in [3.63, 3.8) is 0 Å². The Bertz CT molecular complexity index is 631. The molecule has 1 saturated heterocycles. The summed E-state index contributed by atoms with van der Waals surface area (Å²) in [5.41, 5.74) is 5.91. The topological polar surface area (TPSA) is 56.3 Å². The summed E-state index contributed by atoms with van der Waals surface area (Å²) in [6.45, 7) is 2.35. The first-order valence-corrected chi connectivity index (χ1v) is 6.15. The van der Waals surface area contributed by atoms with Gasteiger partial charge in [-0.3, -0.25) is 0 Å². The van der Waals surface area contributed by atoms with Crippen LogP contribution in [0.3, 0.4) is 0 Å². The number of hydrogen-bond donors (Lipinski definition) is 1. The van der Waals surface area contributed by atoms with E-state index in [9.17, 15) is 13.2 Å². The molecule has 0 aliphatic carbocycles. The Labute approximate surface area is 112 Å². The Morgan fingerprint density at radius 3 is 2.55 bits per heavy atom. The lowest BCUT2D eigenvalue weighted by atomic mass is 10.2. The Hall–Kier alpha value is -1.96. The van der Waals surface area contributed by atoms with Crippen LogP contribution < -0.4 is 10.7 Å². The molecule has 1 aliphatic heterocycles. The molecule has 2 N–H and O–H groups in total. The second kappa shape index (κ2) is 4.55. The van der Waals surface area contributed by atoms with Gasteiger partial charge in [0.1, 0.15) is 0 Å². The van der Waals surface area contributed by atoms with Crippen molar-refractivity contribution in [3.8, 4) is 0 Å². The third-order valence-electron chi connectivity index (χ3n) is 3.25. The SMILES string of the molecule is Nc1nc2cc(C(F)(F)F)ccc2n1N1CCOCC1. The van der Waals surface area contributed by atoms with E-state index in [2.05, 4.69) is 4.98 Å². The average Bonchev–Trinajstić information content (AvgIpc) is 2.73. The Morgan fingerprint density at radius 1 is 1.20 bits per heavy atom. The molecule has 3 rings (SSSR count). The number of fused-ring (bicyclic) bond motifs is 1. The first-order valence-electron chi connectivity index (χ1n) is 6.15. The summed E-state index contributed by atoms with van der Waals surface area (Å²) < 4.78 is 45.0. The standard InChI is InChI=1S/C12H13F3N4O/c13-12(14,15)8-1-2-10-9(7-8)17-11(16)19(10)18-3-5-20-6-4-18/h1-2,7H,3-6H2,(H2,16,17). The number of hydrogen-bond acceptors (Lipinski definition) is 4. The summed E-state index contributed by atoms with van der Waals surface area (Å²) >= 11 is 0. The van der Waals surface area contributed by atoms with Crippen molar-refractivity contribution in [3.05, 3.63) is 23.8 Å². The number of morpholine rings is 1. The third-order valence-corrected chi connectivity index (χ3v) is 3.25. The summed E-state index contributed by atoms with van der Waals surface area (Å²) in [4.78, 5) is 4.02. The first kappa shape index (κ1) is 13.0. The molecular weight excluding hydrogens is 273 g/mol. The van der Waals surface area contributed by atoms with Gasteiger partial charge >= 0.3 is 6.18 Å². The number of nitrogen functional groups attached to an aromatic ring is 1. The number of anilines is 1. The predicted octanol–water partition coefficient (Wildman–Crippen LogP) is 1.61. The van der Waals surface area contributed by atoms with Crippen LogP contribution in [0.5, 0.6) is 0 Å². The molecule has 1 aliphatic rings. The zero-order valence-corrected chi connectivity index (χ0v) is 10.5. The molecule has 0 bridgehead atoms. The fourth-order valence-corrected chi connectivity index (χ4v) is 2.31. The minimum absolute atomic E-state index is 0.182. The van der Waals surface area contributed by atoms with E-state index in [4.69, 9.17) is 10.5 Å². The van der Waals surface area contributed by atoms with Crippen LogP contribution >= 0.6 is 0 Å². The molecule has 20 heavy (non-hydrogen) atoms. The van der Waals surface area contributed by atoms with Crippen LogP contribution in [0.4, 0.5) is 19.1 Å². The van der Waals surface area contributed by atoms with Crippen molar-refractivity contribution >= 4 is 17.0 Å². The van der Waals surface area contributed by atoms with Gasteiger partial charge in [-0.05, 0) is 18.2 Å². The molecule has 2 heterocycles. The molecule has 5 nitrogen and oxygen atoms in total. The summed E-state index contributed by atoms with van der Waals surface area (Å²) in [5.74, 6) is 0.182. The molecule has 1 fully saturated rings. The zero-order chi connectivity index (χ0) is 14.3. The van der Waals surface area contributed by atoms with Crippen LogP contribution in [0.25, 0.3) is 11.0 Å². The number of rotatable bonds is 1. The molecule has 108 valence electrons. The van der Waals surface area contributed by atoms with Gasteiger partial charge in [0.15, 0.2) is 0 Å². The van der Waals surface area contributed by atoms with Crippen LogP contribution in [0.15, 0.2) is 18.2 Å². The van der Waals surface area contributed by atoms with E-state index in [1.807, 2.05) is 5.01 Å². The number of aromatic nitrogens is 2. The summed E-state index contributed by atoms with van der Waals surface area (Å²) in [6.07, 6.45) is -4.38. The molecule has 0 saturated carbocycles. The number of nitrogens with zero attached hydrogens (tertiary/aromatic N) is 3. The number of ether oxygens (including phenoxy) is 1. The highest BCUT2D eigenvalue weighted by Crippen LogP contribution is 2.31. The van der Waals surface area contributed by atoms with Crippen LogP contribution in [-0.2, 0) is 10.9 Å². The van der Waals surface area contributed by atoms with Gasteiger partial charge in [0.05, 0.1) is 42.9 Å². The normalized spacial score (nSPS) is 16.9. The molecule has 0 amide bonds. The smallest absolute Gasteiger partial charge is 0.378 e. The molecule has 1 aromatic carbocycles. The number of benzene rings is 1. The van der Waals surface area contributed by atoms with E-state index in [1.54, 1.807) is 4.68 Å². The maximum absolute atomic E-state index is 12.7. The van der Waals surface area contributed by atoms with Gasteiger partial charge in [-0.25, -0.2) is 9.66 Å². The largest absolute Gasteiger partial charge is 0.416 e. The summed E-state index contributed by atoms with van der Waals surface area (Å²) in [6, 6.07) is 3.46. The molecule has 1 aromatic heterocycles. The quantitative estimate of drug-likeness (QED) is 0.865. The van der Waals surface area contributed by atoms with Crippen LogP contribution in [-0.4, -0.2) is 36.0 Å². The van der Waals surface area contributed by atoms with Crippen molar-refractivity contribution < 1.29 is 17.9 Å². The van der Waals surface area contributed by atoms with E-state index in [0.29, 0.717) is 31.8 Å². The van der Waals surface area contributed by atoms with E-state index in [1.165, 1.54) is 6.07 Å². The average molecular weight is 286 g/mol. The van der Waals surface area contributed by atoms with Crippen molar-refractivity contribution in [1.29, 1.82) is 0 Å². The Kier molecular flexibility index (Phi) is 2.97. The van der Waals surface area contributed by atoms with Gasteiger partial charge in [0.2, 0.25) is 5.95 Å². The van der Waals surface area contributed by atoms with Gasteiger partial charge in [-0.1, -0.05) is 0 Å². The predicted molar refractivity (Wildman–Crippen MR) is 67.9 cm³/mol. The lowest BCUT2D eigenvalue weighted by Gasteiger charge is -2.30. The van der Waals surface area contributed by atoms with Gasteiger partial charge in [0, 0.05) is 0 Å². The van der Waals surface area contributed by atoms with Crippen molar-refractivity contribution in [2.24, 2.45) is 0 Å². The van der Waals surface area contributed by atoms with Crippen LogP contribution in [0, 0.1) is 0 Å². The van der Waals surface area contributed by atoms with Crippen LogP contribution in [0.1, 0.15) is 5.56 Å². The highest BCUT2D eigenvalue weighted by molar-refractivity contribution is 5.79. The highest BCUT2D eigenvalue weighted by atomic mass is 19.4. The van der Waals surface area contributed by atoms with Gasteiger partial charge < -0.3 is 15.5 Å². The van der Waals surface area contributed by atoms with Gasteiger partial charge in [0.25, 0.3) is 0 Å². The zero-order valence-electron chi connectivity index (χ0n) is 10.5. The van der Waals surface area contributed by atoms with Crippen LogP contribution in [0.2, 0.25) is 0 Å². The summed E-state index contributed by atoms with van der Waals surface area (Å²) in [5, 5.41) is 1.92. The van der Waals surface area contributed by atoms with E-state index in [-0.39, 0.29) is 11.5 Å². The number of nitrogens with two attached hydrogens (primary N) is 1. The minimum Gasteiger partial charge on any atom is -0.378 e. The maximum atomic E-state index is 12.7. The molecule has 0 radical (unpaired) electrons. The fraction of sp³-hybridized carbons (Fsp3) is 0.417. The van der Waals surface area contributed by atoms with E-state index >= 15 is 0 Å². The first-order chi connectivity index (χ1) is 9.47. The molecule has 0 atom stereocenters. The Morgan fingerprint density at radius 2 is 1.90 bits per heavy atom. The van der Waals surface area contributed by atoms with Crippen molar-refractivity contribution in [2.45, 2.75) is 6.18 Å². The second-order valence-electron chi connectivity index (χ2n) is 4.55. The summed E-state index contributed by atoms with van der Waals surface area (Å²) in [7, 11) is 0. The molecule has 0 unspecified atom stereocenters.